The first kappa shape index (κ1) is 19.6. The Balaban J connectivity index is 1.67. The second kappa shape index (κ2) is 9.15. The molecule has 0 heterocycles. The van der Waals surface area contributed by atoms with Crippen LogP contribution < -0.4 is 0 Å². The van der Waals surface area contributed by atoms with Gasteiger partial charge in [0.05, 0.1) is 11.5 Å². The first-order chi connectivity index (χ1) is 13.2. The van der Waals surface area contributed by atoms with Crippen molar-refractivity contribution >= 4 is 0 Å². The molecule has 0 saturated heterocycles. The molecule has 1 unspecified atom stereocenters. The van der Waals surface area contributed by atoms with Crippen molar-refractivity contribution < 1.29 is 4.39 Å². The molecule has 2 nitrogen and oxygen atoms in total. The first-order valence-electron chi connectivity index (χ1n) is 10.1. The fourth-order valence-corrected chi connectivity index (χ4v) is 4.22. The second-order valence-corrected chi connectivity index (χ2v) is 7.68. The van der Waals surface area contributed by atoms with E-state index in [-0.39, 0.29) is 5.82 Å². The molecule has 2 aromatic rings. The van der Waals surface area contributed by atoms with E-state index in [0.717, 1.165) is 50.9 Å². The van der Waals surface area contributed by atoms with Gasteiger partial charge < -0.3 is 0 Å². The summed E-state index contributed by atoms with van der Waals surface area (Å²) in [5, 5.41) is 10.1. The lowest BCUT2D eigenvalue weighted by atomic mass is 9.61. The van der Waals surface area contributed by atoms with Crippen molar-refractivity contribution in [2.45, 2.75) is 51.0 Å². The molecular weight excluding hydrogens is 335 g/mol. The maximum atomic E-state index is 13.4. The van der Waals surface area contributed by atoms with Crippen LogP contribution in [0.15, 0.2) is 54.6 Å². The van der Waals surface area contributed by atoms with Crippen molar-refractivity contribution in [1.82, 2.24) is 4.90 Å². The summed E-state index contributed by atoms with van der Waals surface area (Å²) in [7, 11) is 0. The molecule has 3 heteroatoms. The molecule has 3 rings (SSSR count). The summed E-state index contributed by atoms with van der Waals surface area (Å²) in [5.74, 6) is 0.163. The molecule has 0 amide bonds. The van der Waals surface area contributed by atoms with Crippen molar-refractivity contribution in [3.8, 4) is 6.07 Å². The molecule has 0 aromatic heterocycles. The van der Waals surface area contributed by atoms with Gasteiger partial charge in [-0.15, -0.1) is 0 Å². The van der Waals surface area contributed by atoms with Gasteiger partial charge in [0.15, 0.2) is 0 Å². The second-order valence-electron chi connectivity index (χ2n) is 7.68. The van der Waals surface area contributed by atoms with Gasteiger partial charge in [-0.05, 0) is 68.0 Å². The first-order valence-corrected chi connectivity index (χ1v) is 10.1. The minimum atomic E-state index is -0.474. The van der Waals surface area contributed by atoms with Crippen LogP contribution in [0.5, 0.6) is 0 Å². The van der Waals surface area contributed by atoms with Gasteiger partial charge in [-0.1, -0.05) is 55.8 Å². The van der Waals surface area contributed by atoms with Gasteiger partial charge in [-0.3, -0.25) is 4.90 Å². The zero-order chi connectivity index (χ0) is 19.1. The Morgan fingerprint density at radius 1 is 1.11 bits per heavy atom. The third kappa shape index (κ3) is 4.57. The lowest BCUT2D eigenvalue weighted by Crippen LogP contribution is -2.39. The average Bonchev–Trinajstić information content (AvgIpc) is 2.66. The monoisotopic (exact) mass is 364 g/mol. The van der Waals surface area contributed by atoms with Crippen molar-refractivity contribution in [3.05, 3.63) is 71.5 Å². The van der Waals surface area contributed by atoms with E-state index in [1.807, 2.05) is 18.2 Å². The van der Waals surface area contributed by atoms with E-state index in [1.165, 1.54) is 24.1 Å². The number of benzene rings is 2. The quantitative estimate of drug-likeness (QED) is 0.571. The Hall–Kier alpha value is -2.18. The molecule has 1 atom stereocenters. The van der Waals surface area contributed by atoms with Crippen LogP contribution in [0.1, 0.15) is 50.2 Å². The molecule has 1 aliphatic carbocycles. The van der Waals surface area contributed by atoms with Crippen molar-refractivity contribution in [2.24, 2.45) is 5.92 Å². The molecule has 1 saturated carbocycles. The van der Waals surface area contributed by atoms with Crippen molar-refractivity contribution in [3.63, 3.8) is 0 Å². The molecule has 0 N–H and O–H groups in total. The molecule has 1 aliphatic rings. The number of rotatable bonds is 9. The summed E-state index contributed by atoms with van der Waals surface area (Å²) in [6.45, 7) is 5.10. The SMILES string of the molecule is CCN(CCCC(C#N)(c1ccc(F)cc1)C1CCC1)Cc1ccccc1. The Morgan fingerprint density at radius 3 is 2.37 bits per heavy atom. The number of nitriles is 1. The van der Waals surface area contributed by atoms with Gasteiger partial charge in [0.2, 0.25) is 0 Å². The molecule has 0 spiro atoms. The third-order valence-electron chi connectivity index (χ3n) is 6.10. The van der Waals surface area contributed by atoms with Crippen molar-refractivity contribution in [2.75, 3.05) is 13.1 Å². The smallest absolute Gasteiger partial charge is 0.123 e. The van der Waals surface area contributed by atoms with Gasteiger partial charge >= 0.3 is 0 Å². The summed E-state index contributed by atoms with van der Waals surface area (Å²) in [5.41, 5.74) is 1.84. The summed E-state index contributed by atoms with van der Waals surface area (Å²) in [4.78, 5) is 2.43. The van der Waals surface area contributed by atoms with Gasteiger partial charge in [0, 0.05) is 6.54 Å². The highest BCUT2D eigenvalue weighted by Crippen LogP contribution is 2.46. The van der Waals surface area contributed by atoms with E-state index >= 15 is 0 Å². The van der Waals surface area contributed by atoms with Crippen molar-refractivity contribution in [1.29, 1.82) is 5.26 Å². The predicted octanol–water partition coefficient (Wildman–Crippen LogP) is 5.69. The molecule has 142 valence electrons. The number of hydrogen-bond donors (Lipinski definition) is 0. The Bertz CT molecular complexity index is 746. The molecular formula is C24H29FN2. The topological polar surface area (TPSA) is 27.0 Å². The van der Waals surface area contributed by atoms with Gasteiger partial charge in [0.25, 0.3) is 0 Å². The fraction of sp³-hybridized carbons (Fsp3) is 0.458. The van der Waals surface area contributed by atoms with Crippen LogP contribution in [0.3, 0.4) is 0 Å². The van der Waals surface area contributed by atoms with Crippen LogP contribution in [0, 0.1) is 23.1 Å². The standard InChI is InChI=1S/C24H29FN2/c1-2-27(18-20-8-4-3-5-9-20)17-7-16-24(19-26,21-10-6-11-21)22-12-14-23(25)15-13-22/h3-5,8-9,12-15,21H,2,6-7,10-11,16-18H2,1H3. The lowest BCUT2D eigenvalue weighted by molar-refractivity contribution is 0.184. The minimum absolute atomic E-state index is 0.237. The highest BCUT2D eigenvalue weighted by Gasteiger charge is 2.43. The third-order valence-corrected chi connectivity index (χ3v) is 6.10. The molecule has 1 fully saturated rings. The number of hydrogen-bond acceptors (Lipinski definition) is 2. The fourth-order valence-electron chi connectivity index (χ4n) is 4.22. The number of nitrogens with zero attached hydrogens (tertiary/aromatic N) is 2. The van der Waals surface area contributed by atoms with E-state index in [2.05, 4.69) is 42.2 Å². The van der Waals surface area contributed by atoms with Gasteiger partial charge in [-0.25, -0.2) is 4.39 Å². The predicted molar refractivity (Wildman–Crippen MR) is 108 cm³/mol. The Kier molecular flexibility index (Phi) is 6.63. The number of halogens is 1. The summed E-state index contributed by atoms with van der Waals surface area (Å²) in [6, 6.07) is 19.8. The van der Waals surface area contributed by atoms with Crippen LogP contribution in [0.4, 0.5) is 4.39 Å². The summed E-state index contributed by atoms with van der Waals surface area (Å²) < 4.78 is 13.4. The highest BCUT2D eigenvalue weighted by molar-refractivity contribution is 5.34. The van der Waals surface area contributed by atoms with Crippen LogP contribution in [-0.2, 0) is 12.0 Å². The maximum Gasteiger partial charge on any atom is 0.123 e. The van der Waals surface area contributed by atoms with Crippen LogP contribution in [0.2, 0.25) is 0 Å². The summed E-state index contributed by atoms with van der Waals surface area (Å²) in [6.07, 6.45) is 5.22. The zero-order valence-electron chi connectivity index (χ0n) is 16.2. The van der Waals surface area contributed by atoms with Gasteiger partial charge in [0.1, 0.15) is 5.82 Å². The van der Waals surface area contributed by atoms with Crippen LogP contribution >= 0.6 is 0 Å². The maximum absolute atomic E-state index is 13.4. The average molecular weight is 365 g/mol. The Labute approximate surface area is 162 Å². The molecule has 2 aromatic carbocycles. The Morgan fingerprint density at radius 2 is 1.81 bits per heavy atom. The van der Waals surface area contributed by atoms with Crippen LogP contribution in [-0.4, -0.2) is 18.0 Å². The molecule has 0 bridgehead atoms. The summed E-state index contributed by atoms with van der Waals surface area (Å²) >= 11 is 0. The largest absolute Gasteiger partial charge is 0.299 e. The van der Waals surface area contributed by atoms with E-state index in [9.17, 15) is 9.65 Å². The molecule has 0 aliphatic heterocycles. The molecule has 0 radical (unpaired) electrons. The molecule has 27 heavy (non-hydrogen) atoms. The highest BCUT2D eigenvalue weighted by atomic mass is 19.1. The van der Waals surface area contributed by atoms with E-state index in [4.69, 9.17) is 0 Å². The van der Waals surface area contributed by atoms with E-state index in [1.54, 1.807) is 0 Å². The lowest BCUT2D eigenvalue weighted by Gasteiger charge is -2.41. The normalized spacial score (nSPS) is 16.5. The van der Waals surface area contributed by atoms with Gasteiger partial charge in [-0.2, -0.15) is 5.26 Å². The van der Waals surface area contributed by atoms with E-state index < -0.39 is 5.41 Å². The zero-order valence-corrected chi connectivity index (χ0v) is 16.2. The van der Waals surface area contributed by atoms with Crippen LogP contribution in [0.25, 0.3) is 0 Å². The minimum Gasteiger partial charge on any atom is -0.299 e. The van der Waals surface area contributed by atoms with E-state index in [0.29, 0.717) is 5.92 Å².